The zero-order valence-corrected chi connectivity index (χ0v) is 14.9. The van der Waals surface area contributed by atoms with Crippen molar-refractivity contribution >= 4 is 29.1 Å². The molecule has 1 aliphatic rings. The van der Waals surface area contributed by atoms with Gasteiger partial charge in [-0.1, -0.05) is 24.9 Å². The first-order valence-electron chi connectivity index (χ1n) is 8.60. The van der Waals surface area contributed by atoms with Gasteiger partial charge in [-0.05, 0) is 37.5 Å². The third-order valence-electron chi connectivity index (χ3n) is 3.96. The molecular formula is C18H25ClN2O3. The average Bonchev–Trinajstić information content (AvgIpc) is 2.76. The fraction of sp³-hybridized carbons (Fsp3) is 0.556. The molecule has 1 aromatic rings. The van der Waals surface area contributed by atoms with Crippen molar-refractivity contribution in [1.29, 1.82) is 0 Å². The number of benzene rings is 1. The Labute approximate surface area is 148 Å². The minimum absolute atomic E-state index is 0.120. The molecule has 2 amide bonds. The number of carbonyl (C=O) groups is 2. The first-order chi connectivity index (χ1) is 11.6. The molecule has 1 fully saturated rings. The SMILES string of the molecule is CCCOc1ccc(NC(=O)CCN2CCCCCC2=O)cc1Cl. The van der Waals surface area contributed by atoms with E-state index in [2.05, 4.69) is 5.32 Å². The van der Waals surface area contributed by atoms with E-state index in [1.54, 1.807) is 23.1 Å². The Bertz CT molecular complexity index is 577. The maximum atomic E-state index is 12.1. The highest BCUT2D eigenvalue weighted by atomic mass is 35.5. The highest BCUT2D eigenvalue weighted by Crippen LogP contribution is 2.27. The minimum Gasteiger partial charge on any atom is -0.492 e. The van der Waals surface area contributed by atoms with E-state index in [9.17, 15) is 9.59 Å². The van der Waals surface area contributed by atoms with Gasteiger partial charge in [0.1, 0.15) is 5.75 Å². The second kappa shape index (κ2) is 9.52. The van der Waals surface area contributed by atoms with Crippen molar-refractivity contribution in [2.45, 2.75) is 45.4 Å². The van der Waals surface area contributed by atoms with Crippen LogP contribution in [0.25, 0.3) is 0 Å². The number of likely N-dealkylation sites (tertiary alicyclic amines) is 1. The Kier molecular flexibility index (Phi) is 7.37. The van der Waals surface area contributed by atoms with Gasteiger partial charge in [-0.3, -0.25) is 9.59 Å². The summed E-state index contributed by atoms with van der Waals surface area (Å²) in [5.41, 5.74) is 0.635. The highest BCUT2D eigenvalue weighted by molar-refractivity contribution is 6.32. The van der Waals surface area contributed by atoms with Gasteiger partial charge in [0, 0.05) is 31.6 Å². The molecule has 0 aromatic heterocycles. The van der Waals surface area contributed by atoms with Crippen LogP contribution in [-0.4, -0.2) is 36.4 Å². The number of anilines is 1. The second-order valence-electron chi connectivity index (χ2n) is 5.98. The summed E-state index contributed by atoms with van der Waals surface area (Å²) in [4.78, 5) is 25.8. The number of nitrogens with one attached hydrogen (secondary N) is 1. The van der Waals surface area contributed by atoms with E-state index in [0.29, 0.717) is 36.0 Å². The van der Waals surface area contributed by atoms with Crippen LogP contribution in [0.15, 0.2) is 18.2 Å². The van der Waals surface area contributed by atoms with Crippen LogP contribution in [0.4, 0.5) is 5.69 Å². The maximum absolute atomic E-state index is 12.1. The summed E-state index contributed by atoms with van der Waals surface area (Å²) in [5.74, 6) is 0.651. The molecule has 6 heteroatoms. The molecule has 1 heterocycles. The Hall–Kier alpha value is -1.75. The van der Waals surface area contributed by atoms with E-state index in [0.717, 1.165) is 32.2 Å². The fourth-order valence-corrected chi connectivity index (χ4v) is 2.88. The molecule has 132 valence electrons. The lowest BCUT2D eigenvalue weighted by Gasteiger charge is -2.20. The molecule has 5 nitrogen and oxygen atoms in total. The maximum Gasteiger partial charge on any atom is 0.226 e. The Balaban J connectivity index is 1.83. The van der Waals surface area contributed by atoms with Gasteiger partial charge in [0.25, 0.3) is 0 Å². The second-order valence-corrected chi connectivity index (χ2v) is 6.39. The lowest BCUT2D eigenvalue weighted by molar-refractivity contribution is -0.131. The van der Waals surface area contributed by atoms with Crippen molar-refractivity contribution in [2.24, 2.45) is 0 Å². The number of hydrogen-bond donors (Lipinski definition) is 1. The molecule has 0 bridgehead atoms. The molecule has 1 aliphatic heterocycles. The number of carbonyl (C=O) groups excluding carboxylic acids is 2. The van der Waals surface area contributed by atoms with Crippen LogP contribution >= 0.6 is 11.6 Å². The molecule has 1 N–H and O–H groups in total. The third kappa shape index (κ3) is 5.71. The van der Waals surface area contributed by atoms with Crippen LogP contribution in [0.2, 0.25) is 5.02 Å². The summed E-state index contributed by atoms with van der Waals surface area (Å²) in [6.07, 6.45) is 4.84. The molecule has 0 atom stereocenters. The van der Waals surface area contributed by atoms with Crippen molar-refractivity contribution in [3.8, 4) is 5.75 Å². The summed E-state index contributed by atoms with van der Waals surface area (Å²) in [5, 5.41) is 3.30. The van der Waals surface area contributed by atoms with Crippen LogP contribution in [0.1, 0.15) is 45.4 Å². The van der Waals surface area contributed by atoms with E-state index >= 15 is 0 Å². The molecule has 0 saturated carbocycles. The van der Waals surface area contributed by atoms with Crippen molar-refractivity contribution in [3.63, 3.8) is 0 Å². The predicted molar refractivity (Wildman–Crippen MR) is 95.5 cm³/mol. The van der Waals surface area contributed by atoms with E-state index in [4.69, 9.17) is 16.3 Å². The zero-order valence-electron chi connectivity index (χ0n) is 14.1. The van der Waals surface area contributed by atoms with Crippen molar-refractivity contribution in [2.75, 3.05) is 25.0 Å². The normalized spacial score (nSPS) is 15.1. The number of amides is 2. The molecular weight excluding hydrogens is 328 g/mol. The summed E-state index contributed by atoms with van der Waals surface area (Å²) in [6, 6.07) is 5.21. The van der Waals surface area contributed by atoms with Crippen LogP contribution < -0.4 is 10.1 Å². The number of rotatable bonds is 7. The first-order valence-corrected chi connectivity index (χ1v) is 8.98. The lowest BCUT2D eigenvalue weighted by atomic mass is 10.2. The van der Waals surface area contributed by atoms with Crippen LogP contribution in [0, 0.1) is 0 Å². The number of hydrogen-bond acceptors (Lipinski definition) is 3. The molecule has 0 aliphatic carbocycles. The molecule has 2 rings (SSSR count). The molecule has 0 unspecified atom stereocenters. The minimum atomic E-state index is -0.120. The molecule has 24 heavy (non-hydrogen) atoms. The summed E-state index contributed by atoms with van der Waals surface area (Å²) >= 11 is 6.16. The third-order valence-corrected chi connectivity index (χ3v) is 4.25. The van der Waals surface area contributed by atoms with Gasteiger partial charge < -0.3 is 15.0 Å². The Morgan fingerprint density at radius 1 is 1.33 bits per heavy atom. The highest BCUT2D eigenvalue weighted by Gasteiger charge is 2.17. The molecule has 1 saturated heterocycles. The zero-order chi connectivity index (χ0) is 17.4. The largest absolute Gasteiger partial charge is 0.492 e. The van der Waals surface area contributed by atoms with Gasteiger partial charge in [-0.2, -0.15) is 0 Å². The predicted octanol–water partition coefficient (Wildman–Crippen LogP) is 3.86. The number of ether oxygens (including phenoxy) is 1. The van der Waals surface area contributed by atoms with Gasteiger partial charge in [0.15, 0.2) is 0 Å². The average molecular weight is 353 g/mol. The van der Waals surface area contributed by atoms with E-state index in [-0.39, 0.29) is 18.2 Å². The quantitative estimate of drug-likeness (QED) is 0.810. The van der Waals surface area contributed by atoms with Crippen LogP contribution in [0.3, 0.4) is 0 Å². The molecule has 0 radical (unpaired) electrons. The topological polar surface area (TPSA) is 58.6 Å². The summed E-state index contributed by atoms with van der Waals surface area (Å²) < 4.78 is 5.51. The molecule has 0 spiro atoms. The Morgan fingerprint density at radius 2 is 2.17 bits per heavy atom. The standard InChI is InChI=1S/C18H25ClN2O3/c1-2-12-24-16-8-7-14(13-15(16)19)20-17(22)9-11-21-10-5-3-4-6-18(21)23/h7-8,13H,2-6,9-12H2,1H3,(H,20,22). The smallest absolute Gasteiger partial charge is 0.226 e. The van der Waals surface area contributed by atoms with Gasteiger partial charge in [0.2, 0.25) is 11.8 Å². The lowest BCUT2D eigenvalue weighted by Crippen LogP contribution is -2.33. The van der Waals surface area contributed by atoms with Gasteiger partial charge in [0.05, 0.1) is 11.6 Å². The van der Waals surface area contributed by atoms with Crippen LogP contribution in [0.5, 0.6) is 5.75 Å². The fourth-order valence-electron chi connectivity index (χ4n) is 2.64. The summed E-state index contributed by atoms with van der Waals surface area (Å²) in [7, 11) is 0. The van der Waals surface area contributed by atoms with Crippen molar-refractivity contribution < 1.29 is 14.3 Å². The number of halogens is 1. The number of nitrogens with zero attached hydrogens (tertiary/aromatic N) is 1. The summed E-state index contributed by atoms with van der Waals surface area (Å²) in [6.45, 7) is 3.85. The van der Waals surface area contributed by atoms with Crippen LogP contribution in [-0.2, 0) is 9.59 Å². The van der Waals surface area contributed by atoms with E-state index in [1.165, 1.54) is 0 Å². The monoisotopic (exact) mass is 352 g/mol. The molecule has 1 aromatic carbocycles. The van der Waals surface area contributed by atoms with E-state index < -0.39 is 0 Å². The van der Waals surface area contributed by atoms with E-state index in [1.807, 2.05) is 6.92 Å². The van der Waals surface area contributed by atoms with Crippen molar-refractivity contribution in [1.82, 2.24) is 4.90 Å². The Morgan fingerprint density at radius 3 is 2.92 bits per heavy atom. The van der Waals surface area contributed by atoms with Gasteiger partial charge >= 0.3 is 0 Å². The first kappa shape index (κ1) is 18.6. The van der Waals surface area contributed by atoms with Gasteiger partial charge in [-0.15, -0.1) is 0 Å². The van der Waals surface area contributed by atoms with Gasteiger partial charge in [-0.25, -0.2) is 0 Å². The van der Waals surface area contributed by atoms with Crippen molar-refractivity contribution in [3.05, 3.63) is 23.2 Å².